The number of sulfone groups is 1. The van der Waals surface area contributed by atoms with E-state index in [2.05, 4.69) is 11.9 Å². The van der Waals surface area contributed by atoms with Crippen molar-refractivity contribution < 1.29 is 13.2 Å². The average Bonchev–Trinajstić information content (AvgIpc) is 2.39. The molecule has 1 unspecified atom stereocenters. The van der Waals surface area contributed by atoms with Crippen molar-refractivity contribution in [2.45, 2.75) is 18.1 Å². The standard InChI is InChI=1S/C14H18ClNO3S/c1-3-16-13(17)14(2,20(18,19)10-9-15)11-12-7-5-4-6-8-12/h3-8H,1,9-11H2,2H3,(H,16,17). The third-order valence-electron chi connectivity index (χ3n) is 3.13. The highest BCUT2D eigenvalue weighted by Gasteiger charge is 2.45. The fraction of sp³-hybridized carbons (Fsp3) is 0.357. The van der Waals surface area contributed by atoms with Gasteiger partial charge in [0.1, 0.15) is 0 Å². The summed E-state index contributed by atoms with van der Waals surface area (Å²) in [5.41, 5.74) is 0.771. The molecule has 0 fully saturated rings. The van der Waals surface area contributed by atoms with Crippen LogP contribution in [0.15, 0.2) is 43.1 Å². The summed E-state index contributed by atoms with van der Waals surface area (Å²) in [7, 11) is -3.68. The molecule has 1 N–H and O–H groups in total. The SMILES string of the molecule is C=CNC(=O)C(C)(Cc1ccccc1)S(=O)(=O)CCCl. The minimum Gasteiger partial charge on any atom is -0.332 e. The molecule has 0 aliphatic heterocycles. The molecule has 0 heterocycles. The summed E-state index contributed by atoms with van der Waals surface area (Å²) in [4.78, 5) is 12.2. The molecule has 4 nitrogen and oxygen atoms in total. The van der Waals surface area contributed by atoms with E-state index in [0.29, 0.717) is 0 Å². The fourth-order valence-electron chi connectivity index (χ4n) is 1.89. The Morgan fingerprint density at radius 2 is 2.00 bits per heavy atom. The van der Waals surface area contributed by atoms with E-state index < -0.39 is 20.5 Å². The van der Waals surface area contributed by atoms with Gasteiger partial charge < -0.3 is 5.32 Å². The van der Waals surface area contributed by atoms with Crippen LogP contribution in [0, 0.1) is 0 Å². The summed E-state index contributed by atoms with van der Waals surface area (Å²) in [6.45, 7) is 4.81. The number of rotatable bonds is 7. The normalized spacial score (nSPS) is 14.3. The minimum absolute atomic E-state index is 0.0475. The molecule has 0 radical (unpaired) electrons. The summed E-state index contributed by atoms with van der Waals surface area (Å²) < 4.78 is 23.2. The highest BCUT2D eigenvalue weighted by atomic mass is 35.5. The van der Waals surface area contributed by atoms with Crippen LogP contribution in [0.25, 0.3) is 0 Å². The predicted octanol–water partition coefficient (Wildman–Crippen LogP) is 1.90. The second kappa shape index (κ2) is 6.90. The molecule has 0 bridgehead atoms. The Kier molecular flexibility index (Phi) is 5.77. The molecule has 1 aromatic rings. The van der Waals surface area contributed by atoms with Crippen molar-refractivity contribution >= 4 is 27.3 Å². The van der Waals surface area contributed by atoms with Crippen molar-refractivity contribution in [3.05, 3.63) is 48.7 Å². The van der Waals surface area contributed by atoms with Crippen molar-refractivity contribution in [3.63, 3.8) is 0 Å². The Morgan fingerprint density at radius 3 is 2.50 bits per heavy atom. The maximum atomic E-state index is 12.4. The molecule has 110 valence electrons. The average molecular weight is 316 g/mol. The highest BCUT2D eigenvalue weighted by molar-refractivity contribution is 7.93. The van der Waals surface area contributed by atoms with Gasteiger partial charge in [0.15, 0.2) is 14.6 Å². The van der Waals surface area contributed by atoms with Crippen LogP contribution >= 0.6 is 11.6 Å². The number of carbonyl (C=O) groups is 1. The molecule has 1 aromatic carbocycles. The van der Waals surface area contributed by atoms with E-state index in [1.54, 1.807) is 24.3 Å². The van der Waals surface area contributed by atoms with E-state index in [1.807, 2.05) is 6.07 Å². The number of carbonyl (C=O) groups excluding carboxylic acids is 1. The van der Waals surface area contributed by atoms with Crippen LogP contribution < -0.4 is 5.32 Å². The van der Waals surface area contributed by atoms with Crippen LogP contribution in [-0.2, 0) is 21.1 Å². The van der Waals surface area contributed by atoms with Crippen LogP contribution in [0.4, 0.5) is 0 Å². The Labute approximate surface area is 124 Å². The molecule has 0 aliphatic carbocycles. The Balaban J connectivity index is 3.20. The first-order chi connectivity index (χ1) is 9.37. The van der Waals surface area contributed by atoms with Crippen LogP contribution in [0.3, 0.4) is 0 Å². The quantitative estimate of drug-likeness (QED) is 0.782. The lowest BCUT2D eigenvalue weighted by Crippen LogP contribution is -2.51. The molecule has 0 saturated heterocycles. The maximum Gasteiger partial charge on any atom is 0.245 e. The second-order valence-electron chi connectivity index (χ2n) is 4.58. The first kappa shape index (κ1) is 16.7. The summed E-state index contributed by atoms with van der Waals surface area (Å²) in [6.07, 6.45) is 1.27. The van der Waals surface area contributed by atoms with E-state index in [-0.39, 0.29) is 18.1 Å². The van der Waals surface area contributed by atoms with Gasteiger partial charge in [-0.3, -0.25) is 4.79 Å². The lowest BCUT2D eigenvalue weighted by Gasteiger charge is -2.27. The van der Waals surface area contributed by atoms with E-state index in [1.165, 1.54) is 13.1 Å². The second-order valence-corrected chi connectivity index (χ2v) is 7.50. The van der Waals surface area contributed by atoms with Gasteiger partial charge in [-0.15, -0.1) is 11.6 Å². The van der Waals surface area contributed by atoms with Crippen molar-refractivity contribution in [2.24, 2.45) is 0 Å². The zero-order valence-electron chi connectivity index (χ0n) is 11.3. The molecule has 0 saturated carbocycles. The van der Waals surface area contributed by atoms with Gasteiger partial charge in [-0.05, 0) is 18.7 Å². The van der Waals surface area contributed by atoms with Gasteiger partial charge in [-0.25, -0.2) is 8.42 Å². The van der Waals surface area contributed by atoms with Crippen molar-refractivity contribution in [2.75, 3.05) is 11.6 Å². The van der Waals surface area contributed by atoms with Gasteiger partial charge in [0.05, 0.1) is 5.75 Å². The van der Waals surface area contributed by atoms with Crippen molar-refractivity contribution in [1.29, 1.82) is 0 Å². The lowest BCUT2D eigenvalue weighted by atomic mass is 9.99. The third kappa shape index (κ3) is 3.61. The third-order valence-corrected chi connectivity index (χ3v) is 5.99. The topological polar surface area (TPSA) is 63.2 Å². The zero-order valence-corrected chi connectivity index (χ0v) is 12.9. The Morgan fingerprint density at radius 1 is 1.40 bits per heavy atom. The van der Waals surface area contributed by atoms with E-state index in [4.69, 9.17) is 11.6 Å². The molecular formula is C14H18ClNO3S. The van der Waals surface area contributed by atoms with Crippen LogP contribution in [-0.4, -0.2) is 30.7 Å². The number of halogens is 1. The molecule has 6 heteroatoms. The van der Waals surface area contributed by atoms with Crippen LogP contribution in [0.1, 0.15) is 12.5 Å². The molecule has 0 aromatic heterocycles. The van der Waals surface area contributed by atoms with E-state index in [0.717, 1.165) is 5.56 Å². The number of nitrogens with one attached hydrogen (secondary N) is 1. The predicted molar refractivity (Wildman–Crippen MR) is 81.4 cm³/mol. The monoisotopic (exact) mass is 315 g/mol. The highest BCUT2D eigenvalue weighted by Crippen LogP contribution is 2.24. The fourth-order valence-corrected chi connectivity index (χ4v) is 3.88. The Bertz CT molecular complexity index is 571. The summed E-state index contributed by atoms with van der Waals surface area (Å²) in [5, 5.41) is 2.37. The molecule has 1 rings (SSSR count). The number of hydrogen-bond acceptors (Lipinski definition) is 3. The first-order valence-electron chi connectivity index (χ1n) is 6.11. The van der Waals surface area contributed by atoms with Gasteiger partial charge >= 0.3 is 0 Å². The van der Waals surface area contributed by atoms with Gasteiger partial charge in [0, 0.05) is 12.3 Å². The smallest absolute Gasteiger partial charge is 0.245 e. The molecule has 1 atom stereocenters. The van der Waals surface area contributed by atoms with E-state index in [9.17, 15) is 13.2 Å². The van der Waals surface area contributed by atoms with E-state index >= 15 is 0 Å². The minimum atomic E-state index is -3.68. The molecule has 20 heavy (non-hydrogen) atoms. The zero-order chi connectivity index (χ0) is 15.2. The summed E-state index contributed by atoms with van der Waals surface area (Å²) in [5.74, 6) is -0.891. The van der Waals surface area contributed by atoms with Gasteiger partial charge in [0.2, 0.25) is 5.91 Å². The largest absolute Gasteiger partial charge is 0.332 e. The summed E-state index contributed by atoms with van der Waals surface area (Å²) >= 11 is 5.55. The van der Waals surface area contributed by atoms with Gasteiger partial charge in [0.25, 0.3) is 0 Å². The number of benzene rings is 1. The van der Waals surface area contributed by atoms with Crippen molar-refractivity contribution in [1.82, 2.24) is 5.32 Å². The first-order valence-corrected chi connectivity index (χ1v) is 8.30. The van der Waals surface area contributed by atoms with Crippen LogP contribution in [0.5, 0.6) is 0 Å². The lowest BCUT2D eigenvalue weighted by molar-refractivity contribution is -0.122. The number of hydrogen-bond donors (Lipinski definition) is 1. The molecule has 0 spiro atoms. The Hall–Kier alpha value is -1.33. The number of amides is 1. The number of alkyl halides is 1. The molecule has 1 amide bonds. The maximum absolute atomic E-state index is 12.4. The van der Waals surface area contributed by atoms with Gasteiger partial charge in [-0.2, -0.15) is 0 Å². The van der Waals surface area contributed by atoms with Crippen molar-refractivity contribution in [3.8, 4) is 0 Å². The summed E-state index contributed by atoms with van der Waals surface area (Å²) in [6, 6.07) is 9.01. The van der Waals surface area contributed by atoms with Gasteiger partial charge in [-0.1, -0.05) is 36.9 Å². The molecule has 0 aliphatic rings. The molecular weight excluding hydrogens is 298 g/mol. The van der Waals surface area contributed by atoms with Crippen LogP contribution in [0.2, 0.25) is 0 Å².